The summed E-state index contributed by atoms with van der Waals surface area (Å²) in [6.07, 6.45) is 4.69. The molecule has 1 saturated carbocycles. The summed E-state index contributed by atoms with van der Waals surface area (Å²) in [7, 11) is -1.65. The Balaban J connectivity index is 2.10. The summed E-state index contributed by atoms with van der Waals surface area (Å²) in [5.41, 5.74) is 0.968. The summed E-state index contributed by atoms with van der Waals surface area (Å²) >= 11 is 0. The highest BCUT2D eigenvalue weighted by molar-refractivity contribution is 7.89. The van der Waals surface area contributed by atoms with Crippen LogP contribution in [0.3, 0.4) is 0 Å². The van der Waals surface area contributed by atoms with Crippen LogP contribution in [0.1, 0.15) is 31.7 Å². The van der Waals surface area contributed by atoms with E-state index in [1.165, 1.54) is 0 Å². The van der Waals surface area contributed by atoms with E-state index in [1.54, 1.807) is 18.3 Å². The van der Waals surface area contributed by atoms with Gasteiger partial charge in [0.25, 0.3) is 10.0 Å². The van der Waals surface area contributed by atoms with E-state index in [0.29, 0.717) is 12.5 Å². The average Bonchev–Trinajstić information content (AvgIpc) is 2.75. The van der Waals surface area contributed by atoms with Gasteiger partial charge in [0.05, 0.1) is 0 Å². The summed E-state index contributed by atoms with van der Waals surface area (Å²) in [4.78, 5) is 4.05. The summed E-state index contributed by atoms with van der Waals surface area (Å²) < 4.78 is 27.2. The van der Waals surface area contributed by atoms with Crippen LogP contribution in [0.15, 0.2) is 23.4 Å². The monoisotopic (exact) mass is 283 g/mol. The second-order valence-electron chi connectivity index (χ2n) is 5.17. The van der Waals surface area contributed by atoms with Gasteiger partial charge in [0.1, 0.15) is 0 Å². The Morgan fingerprint density at radius 3 is 2.68 bits per heavy atom. The van der Waals surface area contributed by atoms with Crippen molar-refractivity contribution in [2.45, 2.75) is 43.8 Å². The third-order valence-electron chi connectivity index (χ3n) is 3.62. The van der Waals surface area contributed by atoms with Crippen molar-refractivity contribution in [3.05, 3.63) is 23.9 Å². The Bertz CT molecular complexity index is 513. The average molecular weight is 283 g/mol. The molecule has 1 aliphatic rings. The first-order chi connectivity index (χ1) is 9.03. The smallest absolute Gasteiger partial charge is 0.258 e. The molecule has 1 fully saturated rings. The summed E-state index contributed by atoms with van der Waals surface area (Å²) in [5.74, 6) is 0.401. The summed E-state index contributed by atoms with van der Waals surface area (Å²) in [6, 6.07) is 3.40. The van der Waals surface area contributed by atoms with Gasteiger partial charge in [-0.2, -0.15) is 0 Å². The number of hydrogen-bond acceptors (Lipinski definition) is 4. The van der Waals surface area contributed by atoms with Crippen LogP contribution in [0, 0.1) is 5.92 Å². The number of aromatic nitrogens is 1. The first-order valence-electron chi connectivity index (χ1n) is 6.65. The van der Waals surface area contributed by atoms with Gasteiger partial charge < -0.3 is 5.32 Å². The summed E-state index contributed by atoms with van der Waals surface area (Å²) in [5, 5.41) is 3.10. The van der Waals surface area contributed by atoms with Gasteiger partial charge in [0.2, 0.25) is 0 Å². The molecule has 0 amide bonds. The van der Waals surface area contributed by atoms with Gasteiger partial charge in [-0.05, 0) is 37.4 Å². The molecule has 1 aromatic rings. The van der Waals surface area contributed by atoms with Crippen LogP contribution in [0.2, 0.25) is 0 Å². The molecule has 2 N–H and O–H groups in total. The first kappa shape index (κ1) is 14.4. The number of nitrogens with zero attached hydrogens (tertiary/aromatic N) is 1. The van der Waals surface area contributed by atoms with Gasteiger partial charge in [-0.3, -0.25) is 0 Å². The van der Waals surface area contributed by atoms with Crippen molar-refractivity contribution >= 4 is 10.0 Å². The van der Waals surface area contributed by atoms with Crippen molar-refractivity contribution in [3.63, 3.8) is 0 Å². The molecule has 0 saturated heterocycles. The minimum Gasteiger partial charge on any atom is -0.316 e. The van der Waals surface area contributed by atoms with E-state index in [-0.39, 0.29) is 11.1 Å². The van der Waals surface area contributed by atoms with Crippen LogP contribution in [-0.2, 0) is 16.6 Å². The third kappa shape index (κ3) is 3.52. The lowest BCUT2D eigenvalue weighted by Crippen LogP contribution is -2.36. The van der Waals surface area contributed by atoms with E-state index in [4.69, 9.17) is 0 Å². The van der Waals surface area contributed by atoms with Crippen molar-refractivity contribution in [2.75, 3.05) is 7.05 Å². The highest BCUT2D eigenvalue weighted by Crippen LogP contribution is 2.26. The van der Waals surface area contributed by atoms with E-state index >= 15 is 0 Å². The molecule has 2 unspecified atom stereocenters. The van der Waals surface area contributed by atoms with Crippen LogP contribution >= 0.6 is 0 Å². The standard InChI is InChI=1S/C13H21N3O2S/c1-10-4-3-5-12(10)16-19(17,18)13-7-6-11(8-14-2)9-15-13/h6-7,9-10,12,14,16H,3-5,8H2,1-2H3. The Labute approximate surface area is 114 Å². The van der Waals surface area contributed by atoms with Gasteiger partial charge in [0.15, 0.2) is 5.03 Å². The van der Waals surface area contributed by atoms with E-state index in [9.17, 15) is 8.42 Å². The minimum absolute atomic E-state index is 0.0452. The number of nitrogens with one attached hydrogen (secondary N) is 2. The number of sulfonamides is 1. The topological polar surface area (TPSA) is 71.1 Å². The SMILES string of the molecule is CNCc1ccc(S(=O)(=O)NC2CCCC2C)nc1. The lowest BCUT2D eigenvalue weighted by molar-refractivity contribution is 0.475. The highest BCUT2D eigenvalue weighted by Gasteiger charge is 2.28. The van der Waals surface area contributed by atoms with Crippen molar-refractivity contribution in [1.29, 1.82) is 0 Å². The molecule has 0 aliphatic heterocycles. The predicted molar refractivity (Wildman–Crippen MR) is 74.1 cm³/mol. The fourth-order valence-corrected chi connectivity index (χ4v) is 3.77. The minimum atomic E-state index is -3.49. The van der Waals surface area contributed by atoms with Crippen LogP contribution < -0.4 is 10.0 Å². The lowest BCUT2D eigenvalue weighted by atomic mass is 10.1. The maximum Gasteiger partial charge on any atom is 0.258 e. The molecule has 5 nitrogen and oxygen atoms in total. The Morgan fingerprint density at radius 2 is 2.16 bits per heavy atom. The molecule has 0 radical (unpaired) electrons. The van der Waals surface area contributed by atoms with Crippen molar-refractivity contribution in [3.8, 4) is 0 Å². The molecule has 0 aromatic carbocycles. The van der Waals surface area contributed by atoms with E-state index < -0.39 is 10.0 Å². The van der Waals surface area contributed by atoms with Gasteiger partial charge in [0, 0.05) is 18.8 Å². The number of pyridine rings is 1. The van der Waals surface area contributed by atoms with Crippen LogP contribution in [0.25, 0.3) is 0 Å². The molecule has 1 heterocycles. The zero-order chi connectivity index (χ0) is 13.9. The van der Waals surface area contributed by atoms with Crippen LogP contribution in [0.4, 0.5) is 0 Å². The largest absolute Gasteiger partial charge is 0.316 e. The second-order valence-corrected chi connectivity index (χ2v) is 6.83. The van der Waals surface area contributed by atoms with E-state index in [2.05, 4.69) is 21.9 Å². The molecule has 6 heteroatoms. The Morgan fingerprint density at radius 1 is 1.37 bits per heavy atom. The summed E-state index contributed by atoms with van der Waals surface area (Å²) in [6.45, 7) is 2.77. The van der Waals surface area contributed by atoms with Crippen LogP contribution in [0.5, 0.6) is 0 Å². The van der Waals surface area contributed by atoms with Gasteiger partial charge in [-0.15, -0.1) is 0 Å². The maximum atomic E-state index is 12.2. The molecule has 1 aliphatic carbocycles. The molecule has 1 aromatic heterocycles. The normalized spacial score (nSPS) is 23.7. The van der Waals surface area contributed by atoms with Crippen LogP contribution in [-0.4, -0.2) is 26.5 Å². The zero-order valence-corrected chi connectivity index (χ0v) is 12.2. The predicted octanol–water partition coefficient (Wildman–Crippen LogP) is 1.27. The van der Waals surface area contributed by atoms with Gasteiger partial charge >= 0.3 is 0 Å². The lowest BCUT2D eigenvalue weighted by Gasteiger charge is -2.17. The number of rotatable bonds is 5. The molecule has 0 bridgehead atoms. The van der Waals surface area contributed by atoms with Crippen molar-refractivity contribution in [2.24, 2.45) is 5.92 Å². The molecular weight excluding hydrogens is 262 g/mol. The fraction of sp³-hybridized carbons (Fsp3) is 0.615. The molecule has 2 atom stereocenters. The molecule has 19 heavy (non-hydrogen) atoms. The molecule has 2 rings (SSSR count). The fourth-order valence-electron chi connectivity index (χ4n) is 2.46. The third-order valence-corrected chi connectivity index (χ3v) is 5.03. The Hall–Kier alpha value is -0.980. The zero-order valence-electron chi connectivity index (χ0n) is 11.4. The van der Waals surface area contributed by atoms with E-state index in [1.807, 2.05) is 7.05 Å². The Kier molecular flexibility index (Phi) is 4.54. The first-order valence-corrected chi connectivity index (χ1v) is 8.13. The maximum absolute atomic E-state index is 12.2. The highest BCUT2D eigenvalue weighted by atomic mass is 32.2. The quantitative estimate of drug-likeness (QED) is 0.853. The van der Waals surface area contributed by atoms with Crippen molar-refractivity contribution < 1.29 is 8.42 Å². The van der Waals surface area contributed by atoms with Gasteiger partial charge in [-0.25, -0.2) is 18.1 Å². The van der Waals surface area contributed by atoms with E-state index in [0.717, 1.165) is 24.8 Å². The van der Waals surface area contributed by atoms with Gasteiger partial charge in [-0.1, -0.05) is 19.4 Å². The molecule has 106 valence electrons. The molecule has 0 spiro atoms. The second kappa shape index (κ2) is 5.98. The number of hydrogen-bond donors (Lipinski definition) is 2. The molecular formula is C13H21N3O2S. The van der Waals surface area contributed by atoms with Crippen molar-refractivity contribution in [1.82, 2.24) is 15.0 Å².